The van der Waals surface area contributed by atoms with Crippen molar-refractivity contribution in [2.45, 2.75) is 19.3 Å². The predicted molar refractivity (Wildman–Crippen MR) is 69.3 cm³/mol. The van der Waals surface area contributed by atoms with Gasteiger partial charge in [0.1, 0.15) is 0 Å². The fourth-order valence-electron chi connectivity index (χ4n) is 1.82. The van der Waals surface area contributed by atoms with Gasteiger partial charge in [-0.25, -0.2) is 0 Å². The Bertz CT molecular complexity index is 408. The normalized spacial score (nSPS) is 11.4. The van der Waals surface area contributed by atoms with Gasteiger partial charge in [-0.1, -0.05) is 49.7 Å². The largest absolute Gasteiger partial charge is 2.00 e. The van der Waals surface area contributed by atoms with Crippen molar-refractivity contribution >= 4 is 0 Å². The maximum Gasteiger partial charge on any atom is 2.00 e. The van der Waals surface area contributed by atoms with Crippen molar-refractivity contribution < 1.29 is 16.8 Å². The van der Waals surface area contributed by atoms with Crippen LogP contribution in [-0.4, -0.2) is 0 Å². The van der Waals surface area contributed by atoms with E-state index in [1.807, 2.05) is 0 Å². The summed E-state index contributed by atoms with van der Waals surface area (Å²) in [7, 11) is 0. The molecular formula is C16H17Co+. The molecule has 1 radical (unpaired) electrons. The molecule has 0 spiro atoms. The number of hydrogen-bond acceptors (Lipinski definition) is 0. The van der Waals surface area contributed by atoms with E-state index in [1.165, 1.54) is 11.1 Å². The monoisotopic (exact) mass is 268 g/mol. The van der Waals surface area contributed by atoms with Crippen molar-refractivity contribution in [1.82, 2.24) is 0 Å². The molecule has 0 aliphatic rings. The van der Waals surface area contributed by atoms with Crippen LogP contribution >= 0.6 is 0 Å². The molecule has 89 valence electrons. The molecule has 0 saturated carbocycles. The van der Waals surface area contributed by atoms with Crippen molar-refractivity contribution in [3.05, 3.63) is 78.2 Å². The van der Waals surface area contributed by atoms with Crippen LogP contribution in [-0.2, 0) is 16.8 Å². The zero-order valence-corrected chi connectivity index (χ0v) is 11.0. The second-order valence-corrected chi connectivity index (χ2v) is 4.16. The van der Waals surface area contributed by atoms with Gasteiger partial charge in [0.05, 0.1) is 0 Å². The summed E-state index contributed by atoms with van der Waals surface area (Å²) in [5.74, 6) is 0.585. The summed E-state index contributed by atoms with van der Waals surface area (Å²) < 4.78 is 0. The van der Waals surface area contributed by atoms with Gasteiger partial charge < -0.3 is 0 Å². The summed E-state index contributed by atoms with van der Waals surface area (Å²) in [5.41, 5.74) is 2.72. The molecule has 0 aliphatic heterocycles. The molecule has 1 atom stereocenters. The topological polar surface area (TPSA) is 0 Å². The van der Waals surface area contributed by atoms with Crippen LogP contribution in [0.25, 0.3) is 0 Å². The van der Waals surface area contributed by atoms with Crippen LogP contribution in [0.1, 0.15) is 30.4 Å². The van der Waals surface area contributed by atoms with E-state index in [2.05, 4.69) is 74.0 Å². The summed E-state index contributed by atoms with van der Waals surface area (Å²) in [6.07, 6.45) is 3.39. The van der Waals surface area contributed by atoms with Crippen molar-refractivity contribution in [2.24, 2.45) is 0 Å². The molecule has 17 heavy (non-hydrogen) atoms. The maximum atomic E-state index is 2.30. The van der Waals surface area contributed by atoms with Gasteiger partial charge in [0.25, 0.3) is 0 Å². The summed E-state index contributed by atoms with van der Waals surface area (Å²) in [6, 6.07) is 21.2. The molecule has 1 heteroatoms. The summed E-state index contributed by atoms with van der Waals surface area (Å²) in [5, 5.41) is 0. The summed E-state index contributed by atoms with van der Waals surface area (Å²) in [6.45, 7) is 2.27. The minimum Gasteiger partial charge on any atom is -0.192 e. The molecule has 1 unspecified atom stereocenters. The zero-order chi connectivity index (χ0) is 11.2. The van der Waals surface area contributed by atoms with E-state index in [0.717, 1.165) is 6.42 Å². The SMILES string of the molecule is CC(C[CH-]c1ccccc1)c1ccccc1.[Co+2]. The standard InChI is InChI=1S/C16H17.Co/c1-14(16-10-6-3-7-11-16)12-13-15-8-4-2-5-9-15;/h2-11,13-14H,12H2,1H3;/q-1;+2. The van der Waals surface area contributed by atoms with Crippen LogP contribution in [0.4, 0.5) is 0 Å². The van der Waals surface area contributed by atoms with Gasteiger partial charge in [-0.05, 0) is 11.5 Å². The Morgan fingerprint density at radius 1 is 0.882 bits per heavy atom. The fraction of sp³-hybridized carbons (Fsp3) is 0.188. The average Bonchev–Trinajstić information content (AvgIpc) is 2.38. The maximum absolute atomic E-state index is 2.30. The molecule has 0 aromatic heterocycles. The quantitative estimate of drug-likeness (QED) is 0.719. The van der Waals surface area contributed by atoms with Gasteiger partial charge in [0, 0.05) is 0 Å². The van der Waals surface area contributed by atoms with Crippen molar-refractivity contribution in [3.63, 3.8) is 0 Å². The van der Waals surface area contributed by atoms with E-state index in [4.69, 9.17) is 0 Å². The second-order valence-electron chi connectivity index (χ2n) is 4.16. The molecule has 0 saturated heterocycles. The first kappa shape index (κ1) is 13.9. The molecule has 0 nitrogen and oxygen atoms in total. The van der Waals surface area contributed by atoms with Crippen LogP contribution in [0.2, 0.25) is 0 Å². The van der Waals surface area contributed by atoms with E-state index in [-0.39, 0.29) is 16.8 Å². The molecule has 0 fully saturated rings. The summed E-state index contributed by atoms with van der Waals surface area (Å²) >= 11 is 0. The van der Waals surface area contributed by atoms with Gasteiger partial charge in [-0.2, -0.15) is 24.1 Å². The molecule has 0 amide bonds. The number of rotatable bonds is 4. The molecular weight excluding hydrogens is 251 g/mol. The van der Waals surface area contributed by atoms with Crippen LogP contribution in [0, 0.1) is 6.42 Å². The molecule has 0 bridgehead atoms. The number of hydrogen-bond donors (Lipinski definition) is 0. The first-order valence-electron chi connectivity index (χ1n) is 5.79. The zero-order valence-electron chi connectivity index (χ0n) is 9.97. The molecule has 0 heterocycles. The van der Waals surface area contributed by atoms with Crippen molar-refractivity contribution in [1.29, 1.82) is 0 Å². The minimum atomic E-state index is 0. The first-order valence-corrected chi connectivity index (χ1v) is 5.79. The Hall–Kier alpha value is -1.18. The molecule has 2 aromatic carbocycles. The van der Waals surface area contributed by atoms with E-state index in [0.29, 0.717) is 5.92 Å². The Balaban J connectivity index is 0.00000144. The number of benzene rings is 2. The van der Waals surface area contributed by atoms with Crippen LogP contribution in [0.15, 0.2) is 60.7 Å². The minimum absolute atomic E-state index is 0. The Morgan fingerprint density at radius 3 is 2.00 bits per heavy atom. The Morgan fingerprint density at radius 2 is 1.41 bits per heavy atom. The third-order valence-corrected chi connectivity index (χ3v) is 2.88. The van der Waals surface area contributed by atoms with Gasteiger partial charge >= 0.3 is 16.8 Å². The third kappa shape index (κ3) is 4.29. The van der Waals surface area contributed by atoms with Gasteiger partial charge in [-0.3, -0.25) is 0 Å². The predicted octanol–water partition coefficient (Wildman–Crippen LogP) is 4.43. The van der Waals surface area contributed by atoms with Crippen molar-refractivity contribution in [3.8, 4) is 0 Å². The fourth-order valence-corrected chi connectivity index (χ4v) is 1.82. The van der Waals surface area contributed by atoms with Gasteiger partial charge in [0.15, 0.2) is 0 Å². The molecule has 2 aromatic rings. The van der Waals surface area contributed by atoms with Crippen LogP contribution in [0.3, 0.4) is 0 Å². The Labute approximate surface area is 114 Å². The van der Waals surface area contributed by atoms with Crippen molar-refractivity contribution in [2.75, 3.05) is 0 Å². The van der Waals surface area contributed by atoms with Crippen LogP contribution < -0.4 is 0 Å². The van der Waals surface area contributed by atoms with E-state index < -0.39 is 0 Å². The first-order chi connectivity index (χ1) is 7.86. The molecule has 2 rings (SSSR count). The Kier molecular flexibility index (Phi) is 5.88. The smallest absolute Gasteiger partial charge is 0.192 e. The van der Waals surface area contributed by atoms with E-state index in [9.17, 15) is 0 Å². The van der Waals surface area contributed by atoms with Gasteiger partial charge in [0.2, 0.25) is 0 Å². The molecule has 0 aliphatic carbocycles. The van der Waals surface area contributed by atoms with E-state index in [1.54, 1.807) is 0 Å². The van der Waals surface area contributed by atoms with Crippen LogP contribution in [0.5, 0.6) is 0 Å². The third-order valence-electron chi connectivity index (χ3n) is 2.88. The van der Waals surface area contributed by atoms with Gasteiger partial charge in [-0.15, -0.1) is 12.1 Å². The summed E-state index contributed by atoms with van der Waals surface area (Å²) in [4.78, 5) is 0. The molecule has 0 N–H and O–H groups in total. The second kappa shape index (κ2) is 7.20. The van der Waals surface area contributed by atoms with E-state index >= 15 is 0 Å². The average molecular weight is 268 g/mol.